The lowest BCUT2D eigenvalue weighted by Crippen LogP contribution is -2.47. The van der Waals surface area contributed by atoms with Crippen molar-refractivity contribution in [2.75, 3.05) is 49.1 Å². The second-order valence-corrected chi connectivity index (χ2v) is 6.30. The average molecular weight is 339 g/mol. The molecule has 4 rings (SSSR count). The van der Waals surface area contributed by atoms with Gasteiger partial charge in [0.2, 0.25) is 5.95 Å². The number of rotatable bonds is 3. The van der Waals surface area contributed by atoms with E-state index < -0.39 is 0 Å². The highest BCUT2D eigenvalue weighted by atomic mass is 16.2. The van der Waals surface area contributed by atoms with Crippen LogP contribution in [0.3, 0.4) is 0 Å². The molecule has 0 bridgehead atoms. The first-order valence-corrected chi connectivity index (χ1v) is 8.71. The molecule has 0 aliphatic carbocycles. The molecule has 0 unspecified atom stereocenters. The summed E-state index contributed by atoms with van der Waals surface area (Å²) in [6.07, 6.45) is 5.67. The van der Waals surface area contributed by atoms with Gasteiger partial charge in [-0.1, -0.05) is 0 Å². The Morgan fingerprint density at radius 3 is 2.16 bits per heavy atom. The molecule has 8 heteroatoms. The molecule has 0 atom stereocenters. The topological polar surface area (TPSA) is 78.4 Å². The summed E-state index contributed by atoms with van der Waals surface area (Å²) in [4.78, 5) is 27.1. The quantitative estimate of drug-likeness (QED) is 0.819. The molecule has 0 aromatic carbocycles. The molecular weight excluding hydrogens is 318 g/mol. The van der Waals surface area contributed by atoms with Crippen molar-refractivity contribution in [1.29, 1.82) is 0 Å². The minimum atomic E-state index is -0.0115. The summed E-state index contributed by atoms with van der Waals surface area (Å²) in [5.41, 5.74) is 0.432. The molecule has 2 aromatic rings. The van der Waals surface area contributed by atoms with E-state index in [9.17, 15) is 4.79 Å². The summed E-state index contributed by atoms with van der Waals surface area (Å²) in [7, 11) is 0. The minimum absolute atomic E-state index is 0.0115. The van der Waals surface area contributed by atoms with Crippen molar-refractivity contribution in [2.45, 2.75) is 12.8 Å². The van der Waals surface area contributed by atoms with Gasteiger partial charge in [-0.05, 0) is 31.0 Å². The number of piperazine rings is 1. The second-order valence-electron chi connectivity index (χ2n) is 6.30. The monoisotopic (exact) mass is 339 g/mol. The van der Waals surface area contributed by atoms with Crippen LogP contribution >= 0.6 is 0 Å². The highest BCUT2D eigenvalue weighted by Gasteiger charge is 2.23. The molecule has 0 spiro atoms. The maximum Gasteiger partial charge on any atom is 0.274 e. The molecule has 0 radical (unpaired) electrons. The van der Waals surface area contributed by atoms with Gasteiger partial charge < -0.3 is 14.7 Å². The first-order valence-electron chi connectivity index (χ1n) is 8.71. The molecule has 1 amide bonds. The van der Waals surface area contributed by atoms with Crippen molar-refractivity contribution < 1.29 is 4.79 Å². The number of hydrogen-bond acceptors (Lipinski definition) is 7. The Morgan fingerprint density at radius 1 is 0.840 bits per heavy atom. The smallest absolute Gasteiger partial charge is 0.274 e. The summed E-state index contributed by atoms with van der Waals surface area (Å²) < 4.78 is 0. The van der Waals surface area contributed by atoms with Gasteiger partial charge in [-0.25, -0.2) is 9.97 Å². The number of anilines is 2. The van der Waals surface area contributed by atoms with Gasteiger partial charge in [0.1, 0.15) is 0 Å². The van der Waals surface area contributed by atoms with Gasteiger partial charge in [0, 0.05) is 51.7 Å². The maximum absolute atomic E-state index is 12.3. The van der Waals surface area contributed by atoms with Crippen molar-refractivity contribution >= 4 is 17.7 Å². The van der Waals surface area contributed by atoms with E-state index in [1.807, 2.05) is 17.0 Å². The molecule has 25 heavy (non-hydrogen) atoms. The zero-order valence-corrected chi connectivity index (χ0v) is 14.1. The van der Waals surface area contributed by atoms with E-state index >= 15 is 0 Å². The van der Waals surface area contributed by atoms with Crippen LogP contribution in [0.1, 0.15) is 23.3 Å². The van der Waals surface area contributed by atoms with Crippen LogP contribution < -0.4 is 9.80 Å². The van der Waals surface area contributed by atoms with E-state index in [2.05, 4.69) is 30.0 Å². The van der Waals surface area contributed by atoms with E-state index in [0.29, 0.717) is 5.69 Å². The van der Waals surface area contributed by atoms with Crippen LogP contribution in [-0.2, 0) is 0 Å². The SMILES string of the molecule is O=C(c1ccc(N2CCN(c3ncccn3)CC2)nn1)N1CCCC1. The number of hydrogen-bond donors (Lipinski definition) is 0. The van der Waals surface area contributed by atoms with Crippen LogP contribution in [-0.4, -0.2) is 70.2 Å². The summed E-state index contributed by atoms with van der Waals surface area (Å²) in [5, 5.41) is 8.43. The predicted octanol–water partition coefficient (Wildman–Crippen LogP) is 0.829. The summed E-state index contributed by atoms with van der Waals surface area (Å²) in [6.45, 7) is 4.97. The molecule has 2 fully saturated rings. The Bertz CT molecular complexity index is 708. The standard InChI is InChI=1S/C17H21N7O/c25-16(23-8-1-2-9-23)14-4-5-15(21-20-14)22-10-12-24(13-11-22)17-18-6-3-7-19-17/h3-7H,1-2,8-13H2. The Kier molecular flexibility index (Phi) is 4.41. The predicted molar refractivity (Wildman–Crippen MR) is 93.6 cm³/mol. The minimum Gasteiger partial charge on any atom is -0.352 e. The van der Waals surface area contributed by atoms with E-state index in [0.717, 1.165) is 63.9 Å². The normalized spacial score (nSPS) is 17.8. The van der Waals surface area contributed by atoms with Crippen LogP contribution in [0.25, 0.3) is 0 Å². The molecule has 8 nitrogen and oxygen atoms in total. The van der Waals surface area contributed by atoms with Crippen LogP contribution in [0.15, 0.2) is 30.6 Å². The van der Waals surface area contributed by atoms with Crippen LogP contribution in [0.4, 0.5) is 11.8 Å². The maximum atomic E-state index is 12.3. The average Bonchev–Trinajstić information content (AvgIpc) is 3.23. The molecule has 0 saturated carbocycles. The molecular formula is C17H21N7O. The van der Waals surface area contributed by atoms with Crippen molar-refractivity contribution in [3.8, 4) is 0 Å². The lowest BCUT2D eigenvalue weighted by Gasteiger charge is -2.35. The Morgan fingerprint density at radius 2 is 1.52 bits per heavy atom. The molecule has 130 valence electrons. The fourth-order valence-electron chi connectivity index (χ4n) is 3.28. The first-order chi connectivity index (χ1) is 12.3. The molecule has 2 aromatic heterocycles. The number of carbonyl (C=O) groups excluding carboxylic acids is 1. The zero-order chi connectivity index (χ0) is 17.1. The van der Waals surface area contributed by atoms with Gasteiger partial charge >= 0.3 is 0 Å². The van der Waals surface area contributed by atoms with Gasteiger partial charge in [-0.15, -0.1) is 10.2 Å². The Hall–Kier alpha value is -2.77. The Balaban J connectivity index is 1.37. The van der Waals surface area contributed by atoms with Crippen molar-refractivity contribution in [1.82, 2.24) is 25.1 Å². The lowest BCUT2D eigenvalue weighted by atomic mass is 10.3. The van der Waals surface area contributed by atoms with E-state index in [1.54, 1.807) is 18.5 Å². The van der Waals surface area contributed by atoms with E-state index in [-0.39, 0.29) is 5.91 Å². The van der Waals surface area contributed by atoms with Gasteiger partial charge in [-0.2, -0.15) is 0 Å². The zero-order valence-electron chi connectivity index (χ0n) is 14.1. The molecule has 2 aliphatic rings. The highest BCUT2D eigenvalue weighted by Crippen LogP contribution is 2.17. The number of nitrogens with zero attached hydrogens (tertiary/aromatic N) is 7. The fourth-order valence-corrected chi connectivity index (χ4v) is 3.28. The van der Waals surface area contributed by atoms with Crippen LogP contribution in [0, 0.1) is 0 Å². The van der Waals surface area contributed by atoms with Crippen molar-refractivity contribution in [2.24, 2.45) is 0 Å². The fraction of sp³-hybridized carbons (Fsp3) is 0.471. The van der Waals surface area contributed by atoms with Crippen LogP contribution in [0.2, 0.25) is 0 Å². The third-order valence-electron chi connectivity index (χ3n) is 4.70. The van der Waals surface area contributed by atoms with E-state index in [1.165, 1.54) is 0 Å². The Labute approximate surface area is 146 Å². The number of carbonyl (C=O) groups is 1. The van der Waals surface area contributed by atoms with E-state index in [4.69, 9.17) is 0 Å². The largest absolute Gasteiger partial charge is 0.352 e. The second kappa shape index (κ2) is 7.00. The number of amides is 1. The van der Waals surface area contributed by atoms with Gasteiger partial charge in [0.15, 0.2) is 11.5 Å². The summed E-state index contributed by atoms with van der Waals surface area (Å²) >= 11 is 0. The van der Waals surface area contributed by atoms with Crippen molar-refractivity contribution in [3.63, 3.8) is 0 Å². The van der Waals surface area contributed by atoms with Gasteiger partial charge in [-0.3, -0.25) is 4.79 Å². The third kappa shape index (κ3) is 3.38. The molecule has 2 aliphatic heterocycles. The summed E-state index contributed by atoms with van der Waals surface area (Å²) in [6, 6.07) is 5.50. The lowest BCUT2D eigenvalue weighted by molar-refractivity contribution is 0.0786. The number of likely N-dealkylation sites (tertiary alicyclic amines) is 1. The van der Waals surface area contributed by atoms with Crippen LogP contribution in [0.5, 0.6) is 0 Å². The summed E-state index contributed by atoms with van der Waals surface area (Å²) in [5.74, 6) is 1.56. The van der Waals surface area contributed by atoms with Gasteiger partial charge in [0.25, 0.3) is 5.91 Å². The molecule has 0 N–H and O–H groups in total. The van der Waals surface area contributed by atoms with Crippen molar-refractivity contribution in [3.05, 3.63) is 36.3 Å². The highest BCUT2D eigenvalue weighted by molar-refractivity contribution is 5.92. The molecule has 4 heterocycles. The third-order valence-corrected chi connectivity index (χ3v) is 4.70. The van der Waals surface area contributed by atoms with Gasteiger partial charge in [0.05, 0.1) is 0 Å². The first kappa shape index (κ1) is 15.7. The molecule has 2 saturated heterocycles. The number of aromatic nitrogens is 4.